The third kappa shape index (κ3) is 4.60. The second kappa shape index (κ2) is 9.44. The van der Waals surface area contributed by atoms with Gasteiger partial charge in [-0.1, -0.05) is 0 Å². The fraction of sp³-hybridized carbons (Fsp3) is 0.320. The number of pyridine rings is 1. The molecule has 0 bridgehead atoms. The van der Waals surface area contributed by atoms with Crippen LogP contribution in [-0.2, 0) is 0 Å². The van der Waals surface area contributed by atoms with Gasteiger partial charge in [0.15, 0.2) is 11.5 Å². The van der Waals surface area contributed by atoms with Crippen LogP contribution in [0.15, 0.2) is 36.4 Å². The van der Waals surface area contributed by atoms with Crippen molar-refractivity contribution in [3.8, 4) is 11.5 Å². The first-order chi connectivity index (χ1) is 15.9. The largest absolute Gasteiger partial charge is 0.493 e. The van der Waals surface area contributed by atoms with Gasteiger partial charge in [-0.25, -0.2) is 4.39 Å². The Labute approximate surface area is 191 Å². The van der Waals surface area contributed by atoms with E-state index in [1.54, 1.807) is 30.0 Å². The van der Waals surface area contributed by atoms with Gasteiger partial charge in [-0.3, -0.25) is 14.6 Å². The number of fused-ring (bicyclic) bond motifs is 1. The van der Waals surface area contributed by atoms with Crippen LogP contribution >= 0.6 is 0 Å². The highest BCUT2D eigenvalue weighted by Gasteiger charge is 2.25. The lowest BCUT2D eigenvalue weighted by Crippen LogP contribution is -2.36. The number of carbonyl (C=O) groups is 2. The summed E-state index contributed by atoms with van der Waals surface area (Å²) >= 11 is 0. The molecule has 0 atom stereocenters. The van der Waals surface area contributed by atoms with E-state index in [1.165, 1.54) is 32.4 Å². The molecule has 8 heteroatoms. The minimum Gasteiger partial charge on any atom is -0.493 e. The highest BCUT2D eigenvalue weighted by atomic mass is 19.1. The zero-order valence-electron chi connectivity index (χ0n) is 18.9. The molecule has 4 rings (SSSR count). The Morgan fingerprint density at radius 1 is 0.970 bits per heavy atom. The maximum Gasteiger partial charge on any atom is 0.256 e. The van der Waals surface area contributed by atoms with Crippen molar-refractivity contribution in [1.29, 1.82) is 0 Å². The fourth-order valence-electron chi connectivity index (χ4n) is 4.14. The topological polar surface area (TPSA) is 80.8 Å². The van der Waals surface area contributed by atoms with E-state index >= 15 is 0 Å². The van der Waals surface area contributed by atoms with Crippen LogP contribution < -0.4 is 14.8 Å². The average molecular weight is 451 g/mol. The van der Waals surface area contributed by atoms with E-state index in [0.29, 0.717) is 58.0 Å². The molecule has 172 valence electrons. The number of hydrogen-bond acceptors (Lipinski definition) is 5. The molecule has 1 N–H and O–H groups in total. The lowest BCUT2D eigenvalue weighted by atomic mass is 10.0. The minimum absolute atomic E-state index is 0.177. The number of hydrogen-bond donors (Lipinski definition) is 1. The molecule has 0 unspecified atom stereocenters. The molecule has 7 nitrogen and oxygen atoms in total. The zero-order chi connectivity index (χ0) is 23.5. The number of halogens is 1. The first kappa shape index (κ1) is 22.5. The van der Waals surface area contributed by atoms with Gasteiger partial charge in [0.1, 0.15) is 5.82 Å². The fourth-order valence-corrected chi connectivity index (χ4v) is 4.14. The van der Waals surface area contributed by atoms with Gasteiger partial charge in [0.25, 0.3) is 11.8 Å². The average Bonchev–Trinajstić information content (AvgIpc) is 2.82. The van der Waals surface area contributed by atoms with Gasteiger partial charge in [0, 0.05) is 36.3 Å². The maximum absolute atomic E-state index is 13.7. The highest BCUT2D eigenvalue weighted by molar-refractivity contribution is 6.14. The third-order valence-corrected chi connectivity index (χ3v) is 5.79. The molecule has 0 aliphatic carbocycles. The van der Waals surface area contributed by atoms with Crippen molar-refractivity contribution in [2.45, 2.75) is 26.2 Å². The summed E-state index contributed by atoms with van der Waals surface area (Å²) in [5.41, 5.74) is 1.94. The van der Waals surface area contributed by atoms with Crippen molar-refractivity contribution in [3.05, 3.63) is 59.0 Å². The molecule has 1 fully saturated rings. The monoisotopic (exact) mass is 451 g/mol. The summed E-state index contributed by atoms with van der Waals surface area (Å²) in [6.07, 6.45) is 2.98. The summed E-state index contributed by atoms with van der Waals surface area (Å²) in [7, 11) is 2.99. The van der Waals surface area contributed by atoms with Crippen LogP contribution in [0.25, 0.3) is 10.9 Å². The lowest BCUT2D eigenvalue weighted by Gasteiger charge is -2.28. The molecule has 0 radical (unpaired) electrons. The molecule has 0 spiro atoms. The normalized spacial score (nSPS) is 13.6. The summed E-state index contributed by atoms with van der Waals surface area (Å²) in [5.74, 6) is -0.251. The Kier molecular flexibility index (Phi) is 6.44. The molecule has 3 aromatic rings. The molecular weight excluding hydrogens is 425 g/mol. The second-order valence-corrected chi connectivity index (χ2v) is 8.03. The van der Waals surface area contributed by atoms with Crippen LogP contribution in [-0.4, -0.2) is 49.0 Å². The van der Waals surface area contributed by atoms with Crippen molar-refractivity contribution in [2.24, 2.45) is 0 Å². The van der Waals surface area contributed by atoms with E-state index in [4.69, 9.17) is 9.47 Å². The number of carbonyl (C=O) groups excluding carboxylic acids is 2. The summed E-state index contributed by atoms with van der Waals surface area (Å²) in [6.45, 7) is 3.07. The van der Waals surface area contributed by atoms with Crippen LogP contribution in [0.1, 0.15) is 45.7 Å². The second-order valence-electron chi connectivity index (χ2n) is 8.03. The quantitative estimate of drug-likeness (QED) is 0.614. The number of aromatic nitrogens is 1. The summed E-state index contributed by atoms with van der Waals surface area (Å²) in [6, 6.07) is 8.93. The van der Waals surface area contributed by atoms with E-state index in [-0.39, 0.29) is 5.91 Å². The number of rotatable bonds is 5. The molecule has 2 amide bonds. The van der Waals surface area contributed by atoms with Crippen molar-refractivity contribution < 1.29 is 23.5 Å². The number of ether oxygens (including phenoxy) is 2. The molecule has 0 saturated carbocycles. The maximum atomic E-state index is 13.7. The number of methoxy groups -OCH3 is 2. The molecule has 1 aliphatic rings. The van der Waals surface area contributed by atoms with E-state index in [0.717, 1.165) is 19.3 Å². The SMILES string of the molecule is COc1cc(NC(=O)c2cc(C)nc3cc(F)ccc23)c(C(=O)N2CCCCC2)cc1OC. The Morgan fingerprint density at radius 2 is 1.67 bits per heavy atom. The number of piperidine rings is 1. The molecule has 1 aliphatic heterocycles. The van der Waals surface area contributed by atoms with E-state index in [9.17, 15) is 14.0 Å². The first-order valence-corrected chi connectivity index (χ1v) is 10.8. The number of aryl methyl sites for hydroxylation is 1. The van der Waals surface area contributed by atoms with Crippen LogP contribution in [0.5, 0.6) is 11.5 Å². The van der Waals surface area contributed by atoms with Gasteiger partial charge >= 0.3 is 0 Å². The van der Waals surface area contributed by atoms with Crippen LogP contribution in [0, 0.1) is 12.7 Å². The van der Waals surface area contributed by atoms with Gasteiger partial charge < -0.3 is 19.7 Å². The third-order valence-electron chi connectivity index (χ3n) is 5.79. The van der Waals surface area contributed by atoms with Crippen LogP contribution in [0.3, 0.4) is 0 Å². The summed E-state index contributed by atoms with van der Waals surface area (Å²) in [5, 5.41) is 3.38. The van der Waals surface area contributed by atoms with E-state index in [2.05, 4.69) is 10.3 Å². The van der Waals surface area contributed by atoms with E-state index in [1.807, 2.05) is 0 Å². The molecule has 2 heterocycles. The van der Waals surface area contributed by atoms with Crippen molar-refractivity contribution >= 4 is 28.4 Å². The molecule has 33 heavy (non-hydrogen) atoms. The highest BCUT2D eigenvalue weighted by Crippen LogP contribution is 2.35. The smallest absolute Gasteiger partial charge is 0.256 e. The van der Waals surface area contributed by atoms with Crippen LogP contribution in [0.4, 0.5) is 10.1 Å². The molecule has 1 saturated heterocycles. The van der Waals surface area contributed by atoms with E-state index < -0.39 is 11.7 Å². The van der Waals surface area contributed by atoms with Crippen molar-refractivity contribution in [2.75, 3.05) is 32.6 Å². The van der Waals surface area contributed by atoms with Gasteiger partial charge in [-0.15, -0.1) is 0 Å². The van der Waals surface area contributed by atoms with Crippen molar-refractivity contribution in [3.63, 3.8) is 0 Å². The molecule has 2 aromatic carbocycles. The standard InChI is InChI=1S/C25H26FN3O4/c1-15-11-18(17-8-7-16(26)12-20(17)27-15)24(30)28-21-14-23(33-3)22(32-2)13-19(21)25(31)29-9-5-4-6-10-29/h7-8,11-14H,4-6,9-10H2,1-3H3,(H,28,30). The van der Waals surface area contributed by atoms with Gasteiger partial charge in [0.2, 0.25) is 0 Å². The predicted octanol–water partition coefficient (Wildman–Crippen LogP) is 4.58. The van der Waals surface area contributed by atoms with Crippen LogP contribution in [0.2, 0.25) is 0 Å². The number of anilines is 1. The van der Waals surface area contributed by atoms with Gasteiger partial charge in [-0.2, -0.15) is 0 Å². The Hall–Kier alpha value is -3.68. The summed E-state index contributed by atoms with van der Waals surface area (Å²) in [4.78, 5) is 32.8. The molecular formula is C25H26FN3O4. The summed E-state index contributed by atoms with van der Waals surface area (Å²) < 4.78 is 24.5. The number of benzene rings is 2. The Bertz CT molecular complexity index is 1220. The number of likely N-dealkylation sites (tertiary alicyclic amines) is 1. The number of amides is 2. The minimum atomic E-state index is -0.433. The number of nitrogens with zero attached hydrogens (tertiary/aromatic N) is 2. The van der Waals surface area contributed by atoms with Gasteiger partial charge in [0.05, 0.1) is 36.6 Å². The lowest BCUT2D eigenvalue weighted by molar-refractivity contribution is 0.0725. The Morgan fingerprint density at radius 3 is 2.36 bits per heavy atom. The molecule has 1 aromatic heterocycles. The predicted molar refractivity (Wildman–Crippen MR) is 124 cm³/mol. The Balaban J connectivity index is 1.76. The first-order valence-electron chi connectivity index (χ1n) is 10.8. The van der Waals surface area contributed by atoms with Gasteiger partial charge in [-0.05, 0) is 50.5 Å². The van der Waals surface area contributed by atoms with Crippen molar-refractivity contribution in [1.82, 2.24) is 9.88 Å². The zero-order valence-corrected chi connectivity index (χ0v) is 18.9. The number of nitrogens with one attached hydrogen (secondary N) is 1.